The number of carbonyl (C=O) groups excluding carboxylic acids is 1. The van der Waals surface area contributed by atoms with Gasteiger partial charge in [0.15, 0.2) is 0 Å². The molecule has 0 heterocycles. The van der Waals surface area contributed by atoms with Crippen molar-refractivity contribution in [3.63, 3.8) is 0 Å². The molecule has 1 amide bonds. The Morgan fingerprint density at radius 1 is 1.30 bits per heavy atom. The van der Waals surface area contributed by atoms with Crippen LogP contribution in [0.25, 0.3) is 6.08 Å². The highest BCUT2D eigenvalue weighted by molar-refractivity contribution is 6.32. The Kier molecular flexibility index (Phi) is 5.40. The van der Waals surface area contributed by atoms with E-state index < -0.39 is 5.91 Å². The van der Waals surface area contributed by atoms with Crippen LogP contribution in [0.2, 0.25) is 5.02 Å². The lowest BCUT2D eigenvalue weighted by atomic mass is 10.1. The molecule has 0 aliphatic heterocycles. The van der Waals surface area contributed by atoms with Crippen molar-refractivity contribution in [1.29, 1.82) is 5.26 Å². The summed E-state index contributed by atoms with van der Waals surface area (Å²) < 4.78 is 0. The van der Waals surface area contributed by atoms with Gasteiger partial charge in [0.25, 0.3) is 5.91 Å². The van der Waals surface area contributed by atoms with Crippen molar-refractivity contribution in [2.24, 2.45) is 0 Å². The molecule has 0 aliphatic rings. The van der Waals surface area contributed by atoms with Gasteiger partial charge in [-0.3, -0.25) is 4.79 Å². The Morgan fingerprint density at radius 3 is 2.61 bits per heavy atom. The normalized spacial score (nSPS) is 12.3. The Hall–Kier alpha value is -2.77. The highest BCUT2D eigenvalue weighted by Gasteiger charge is 2.13. The van der Waals surface area contributed by atoms with E-state index in [1.807, 2.05) is 43.3 Å². The quantitative estimate of drug-likeness (QED) is 0.662. The molecule has 0 fully saturated rings. The molecular formula is C18H15ClN2O2. The molecule has 2 N–H and O–H groups in total. The van der Waals surface area contributed by atoms with Crippen LogP contribution in [0.4, 0.5) is 0 Å². The van der Waals surface area contributed by atoms with Gasteiger partial charge in [-0.15, -0.1) is 0 Å². The molecule has 0 aliphatic carbocycles. The van der Waals surface area contributed by atoms with Crippen LogP contribution in [0.15, 0.2) is 54.1 Å². The van der Waals surface area contributed by atoms with Gasteiger partial charge in [0.2, 0.25) is 0 Å². The SMILES string of the molecule is CC(NC(=O)C(C#N)=Cc1ccc(O)c(Cl)c1)c1ccccc1. The number of phenolic OH excluding ortho intramolecular Hbond substituents is 1. The van der Waals surface area contributed by atoms with E-state index in [1.165, 1.54) is 18.2 Å². The molecule has 2 rings (SSSR count). The molecule has 0 aromatic heterocycles. The largest absolute Gasteiger partial charge is 0.506 e. The third kappa shape index (κ3) is 4.35. The van der Waals surface area contributed by atoms with Crippen molar-refractivity contribution in [3.05, 3.63) is 70.3 Å². The van der Waals surface area contributed by atoms with Crippen LogP contribution < -0.4 is 5.32 Å². The Labute approximate surface area is 139 Å². The summed E-state index contributed by atoms with van der Waals surface area (Å²) >= 11 is 5.82. The third-order valence-corrected chi connectivity index (χ3v) is 3.60. The van der Waals surface area contributed by atoms with Crippen molar-refractivity contribution in [1.82, 2.24) is 5.32 Å². The van der Waals surface area contributed by atoms with Gasteiger partial charge < -0.3 is 10.4 Å². The smallest absolute Gasteiger partial charge is 0.262 e. The molecular weight excluding hydrogens is 312 g/mol. The molecule has 116 valence electrons. The first-order chi connectivity index (χ1) is 11.0. The molecule has 4 nitrogen and oxygen atoms in total. The average Bonchev–Trinajstić information content (AvgIpc) is 2.56. The molecule has 0 spiro atoms. The summed E-state index contributed by atoms with van der Waals surface area (Å²) in [6.45, 7) is 1.85. The monoisotopic (exact) mass is 326 g/mol. The van der Waals surface area contributed by atoms with Crippen LogP contribution >= 0.6 is 11.6 Å². The van der Waals surface area contributed by atoms with Crippen LogP contribution in [0, 0.1) is 11.3 Å². The van der Waals surface area contributed by atoms with Gasteiger partial charge in [-0.1, -0.05) is 48.0 Å². The standard InChI is InChI=1S/C18H15ClN2O2/c1-12(14-5-3-2-4-6-14)21-18(23)15(11-20)9-13-7-8-17(22)16(19)10-13/h2-10,12,22H,1H3,(H,21,23). The van der Waals surface area contributed by atoms with E-state index in [0.29, 0.717) is 5.56 Å². The number of nitriles is 1. The minimum Gasteiger partial charge on any atom is -0.506 e. The fourth-order valence-corrected chi connectivity index (χ4v) is 2.22. The number of hydrogen-bond acceptors (Lipinski definition) is 3. The van der Waals surface area contributed by atoms with E-state index in [9.17, 15) is 15.2 Å². The molecule has 23 heavy (non-hydrogen) atoms. The fourth-order valence-electron chi connectivity index (χ4n) is 2.03. The summed E-state index contributed by atoms with van der Waals surface area (Å²) in [6, 6.07) is 15.6. The highest BCUT2D eigenvalue weighted by Crippen LogP contribution is 2.24. The van der Waals surface area contributed by atoms with Gasteiger partial charge in [0.05, 0.1) is 11.1 Å². The van der Waals surface area contributed by atoms with Gasteiger partial charge in [-0.2, -0.15) is 5.26 Å². The number of nitrogens with one attached hydrogen (secondary N) is 1. The Balaban J connectivity index is 2.17. The molecule has 0 bridgehead atoms. The zero-order valence-electron chi connectivity index (χ0n) is 12.5. The van der Waals surface area contributed by atoms with E-state index in [-0.39, 0.29) is 22.4 Å². The van der Waals surface area contributed by atoms with Gasteiger partial charge in [-0.05, 0) is 36.3 Å². The number of rotatable bonds is 4. The lowest BCUT2D eigenvalue weighted by Crippen LogP contribution is -2.27. The average molecular weight is 327 g/mol. The van der Waals surface area contributed by atoms with Crippen LogP contribution in [-0.2, 0) is 4.79 Å². The number of nitrogens with zero attached hydrogens (tertiary/aromatic N) is 1. The van der Waals surface area contributed by atoms with E-state index >= 15 is 0 Å². The summed E-state index contributed by atoms with van der Waals surface area (Å²) in [6.07, 6.45) is 1.43. The van der Waals surface area contributed by atoms with Gasteiger partial charge >= 0.3 is 0 Å². The Morgan fingerprint density at radius 2 is 2.00 bits per heavy atom. The second-order valence-corrected chi connectivity index (χ2v) is 5.39. The highest BCUT2D eigenvalue weighted by atomic mass is 35.5. The molecule has 1 unspecified atom stereocenters. The topological polar surface area (TPSA) is 73.1 Å². The van der Waals surface area contributed by atoms with E-state index in [4.69, 9.17) is 11.6 Å². The van der Waals surface area contributed by atoms with Crippen molar-refractivity contribution in [2.45, 2.75) is 13.0 Å². The first-order valence-corrected chi connectivity index (χ1v) is 7.35. The summed E-state index contributed by atoms with van der Waals surface area (Å²) in [5.41, 5.74) is 1.48. The maximum atomic E-state index is 12.2. The van der Waals surface area contributed by atoms with E-state index in [0.717, 1.165) is 5.56 Å². The third-order valence-electron chi connectivity index (χ3n) is 3.29. The molecule has 1 atom stereocenters. The first kappa shape index (κ1) is 16.6. The predicted molar refractivity (Wildman–Crippen MR) is 89.7 cm³/mol. The molecule has 2 aromatic rings. The number of carbonyl (C=O) groups is 1. The van der Waals surface area contributed by atoms with Crippen molar-refractivity contribution in [3.8, 4) is 11.8 Å². The summed E-state index contributed by atoms with van der Waals surface area (Å²) in [7, 11) is 0. The minimum absolute atomic E-state index is 0.0328. The molecule has 0 radical (unpaired) electrons. The number of aromatic hydroxyl groups is 1. The maximum Gasteiger partial charge on any atom is 0.262 e. The molecule has 0 saturated heterocycles. The van der Waals surface area contributed by atoms with E-state index in [1.54, 1.807) is 6.07 Å². The molecule has 5 heteroatoms. The van der Waals surface area contributed by atoms with Gasteiger partial charge in [0.1, 0.15) is 17.4 Å². The second-order valence-electron chi connectivity index (χ2n) is 4.99. The van der Waals surface area contributed by atoms with Crippen LogP contribution in [0.5, 0.6) is 5.75 Å². The fraction of sp³-hybridized carbons (Fsp3) is 0.111. The second kappa shape index (κ2) is 7.48. The van der Waals surface area contributed by atoms with Crippen molar-refractivity contribution >= 4 is 23.6 Å². The first-order valence-electron chi connectivity index (χ1n) is 6.97. The number of halogens is 1. The van der Waals surface area contributed by atoms with Crippen LogP contribution in [-0.4, -0.2) is 11.0 Å². The lowest BCUT2D eigenvalue weighted by Gasteiger charge is -2.13. The van der Waals surface area contributed by atoms with Crippen LogP contribution in [0.3, 0.4) is 0 Å². The summed E-state index contributed by atoms with van der Waals surface area (Å²) in [5.74, 6) is -0.516. The van der Waals surface area contributed by atoms with Crippen LogP contribution in [0.1, 0.15) is 24.1 Å². The zero-order chi connectivity index (χ0) is 16.8. The maximum absolute atomic E-state index is 12.2. The molecule has 0 saturated carbocycles. The van der Waals surface area contributed by atoms with Gasteiger partial charge in [-0.25, -0.2) is 0 Å². The minimum atomic E-state index is -0.465. The van der Waals surface area contributed by atoms with Gasteiger partial charge in [0, 0.05) is 0 Å². The number of amides is 1. The summed E-state index contributed by atoms with van der Waals surface area (Å²) in [4.78, 5) is 12.2. The van der Waals surface area contributed by atoms with Crippen molar-refractivity contribution in [2.75, 3.05) is 0 Å². The number of phenols is 1. The van der Waals surface area contributed by atoms with Crippen molar-refractivity contribution < 1.29 is 9.90 Å². The number of hydrogen-bond donors (Lipinski definition) is 2. The number of benzene rings is 2. The summed E-state index contributed by atoms with van der Waals surface area (Å²) in [5, 5.41) is 21.5. The molecule has 2 aromatic carbocycles. The Bertz CT molecular complexity index is 779. The zero-order valence-corrected chi connectivity index (χ0v) is 13.2. The lowest BCUT2D eigenvalue weighted by molar-refractivity contribution is -0.117. The predicted octanol–water partition coefficient (Wildman–Crippen LogP) is 3.83. The van der Waals surface area contributed by atoms with E-state index in [2.05, 4.69) is 5.32 Å².